The zero-order chi connectivity index (χ0) is 24.7. The molecule has 4 rings (SSSR count). The molecule has 9 heteroatoms. The largest absolute Gasteiger partial charge is 0.490 e. The number of halogens is 2. The number of aliphatic carboxylic acids is 1. The number of benzene rings is 3. The minimum Gasteiger partial charge on any atom is -0.490 e. The van der Waals surface area contributed by atoms with Crippen molar-refractivity contribution >= 4 is 34.9 Å². The Morgan fingerprint density at radius 2 is 1.85 bits per heavy atom. The molecule has 3 aromatic rings. The van der Waals surface area contributed by atoms with Crippen molar-refractivity contribution in [1.82, 2.24) is 0 Å². The quantitative estimate of drug-likeness (QED) is 0.521. The molecule has 0 saturated carbocycles. The summed E-state index contributed by atoms with van der Waals surface area (Å²) in [6, 6.07) is 18.3. The predicted molar refractivity (Wildman–Crippen MR) is 129 cm³/mol. The summed E-state index contributed by atoms with van der Waals surface area (Å²) in [4.78, 5) is 23.6. The van der Waals surface area contributed by atoms with Crippen LogP contribution in [0.15, 0.2) is 66.7 Å². The first-order valence-electron chi connectivity index (χ1n) is 10.4. The summed E-state index contributed by atoms with van der Waals surface area (Å²) in [5.41, 5.74) is 1.83. The Bertz CT molecular complexity index is 1150. The number of carbonyl (C=O) groups is 2. The summed E-state index contributed by atoms with van der Waals surface area (Å²) in [5.74, 6) is -0.217. The third-order valence-electron chi connectivity index (χ3n) is 4.77. The number of amides is 1. The van der Waals surface area contributed by atoms with Crippen LogP contribution in [0.3, 0.4) is 0 Å². The molecule has 34 heavy (non-hydrogen) atoms. The van der Waals surface area contributed by atoms with E-state index in [1.165, 1.54) is 24.3 Å². The molecule has 2 N–H and O–H groups in total. The number of rotatable bonds is 5. The normalized spacial score (nSPS) is 14.1. The second-order valence-electron chi connectivity index (χ2n) is 7.52. The van der Waals surface area contributed by atoms with E-state index in [4.69, 9.17) is 31.0 Å². The van der Waals surface area contributed by atoms with E-state index in [0.717, 1.165) is 18.4 Å². The van der Waals surface area contributed by atoms with Crippen LogP contribution in [0.25, 0.3) is 0 Å². The lowest BCUT2D eigenvalue weighted by atomic mass is 10.2. The number of hydrogen-bond donors (Lipinski definition) is 2. The highest BCUT2D eigenvalue weighted by Crippen LogP contribution is 2.32. The number of hydrogen-bond acceptors (Lipinski definition) is 5. The predicted octanol–water partition coefficient (Wildman–Crippen LogP) is 5.10. The third-order valence-corrected chi connectivity index (χ3v) is 5.08. The van der Waals surface area contributed by atoms with E-state index in [2.05, 4.69) is 10.2 Å². The van der Waals surface area contributed by atoms with Crippen molar-refractivity contribution in [2.24, 2.45) is 0 Å². The zero-order valence-corrected chi connectivity index (χ0v) is 19.4. The summed E-state index contributed by atoms with van der Waals surface area (Å²) in [6.07, 6.45) is -0.134. The second-order valence-corrected chi connectivity index (χ2v) is 7.93. The molecular formula is C25H24ClFN2O5. The highest BCUT2D eigenvalue weighted by atomic mass is 35.5. The van der Waals surface area contributed by atoms with Crippen LogP contribution in [0.5, 0.6) is 11.5 Å². The monoisotopic (exact) mass is 486 g/mol. The van der Waals surface area contributed by atoms with Gasteiger partial charge in [0.2, 0.25) is 0 Å². The lowest BCUT2D eigenvalue weighted by molar-refractivity contribution is -0.134. The van der Waals surface area contributed by atoms with Gasteiger partial charge < -0.3 is 24.8 Å². The Morgan fingerprint density at radius 3 is 2.53 bits per heavy atom. The molecule has 1 aliphatic rings. The molecule has 178 valence electrons. The van der Waals surface area contributed by atoms with Gasteiger partial charge in [-0.3, -0.25) is 9.59 Å². The fraction of sp³-hybridized carbons (Fsp3) is 0.200. The smallest absolute Gasteiger partial charge is 0.300 e. The maximum absolute atomic E-state index is 13.0. The SMILES string of the molecule is CC(=O)O.CN1C[C@@H](COc2ccc(C(=O)Nc3ccc(F)cc3)c(Cl)c2)Oc2ccccc21. The van der Waals surface area contributed by atoms with Gasteiger partial charge in [-0.15, -0.1) is 0 Å². The van der Waals surface area contributed by atoms with E-state index in [-0.39, 0.29) is 22.9 Å². The molecule has 0 aromatic heterocycles. The molecule has 0 unspecified atom stereocenters. The first kappa shape index (κ1) is 24.9. The van der Waals surface area contributed by atoms with E-state index in [0.29, 0.717) is 30.2 Å². The maximum Gasteiger partial charge on any atom is 0.300 e. The van der Waals surface area contributed by atoms with Gasteiger partial charge in [0.05, 0.1) is 22.8 Å². The van der Waals surface area contributed by atoms with E-state index in [1.807, 2.05) is 31.3 Å². The summed E-state index contributed by atoms with van der Waals surface area (Å²) in [6.45, 7) is 2.12. The summed E-state index contributed by atoms with van der Waals surface area (Å²) >= 11 is 6.29. The standard InChI is InChI=1S/C23H20ClFN2O3.C2H4O2/c1-27-13-18(30-22-5-3-2-4-21(22)27)14-29-17-10-11-19(20(24)12-17)23(28)26-16-8-6-15(25)7-9-16;1-2(3)4/h2-12,18H,13-14H2,1H3,(H,26,28);1H3,(H,3,4)/t18-;/m0./s1. The molecular weight excluding hydrogens is 463 g/mol. The van der Waals surface area contributed by atoms with E-state index >= 15 is 0 Å². The summed E-state index contributed by atoms with van der Waals surface area (Å²) in [5, 5.41) is 10.4. The first-order chi connectivity index (χ1) is 16.2. The van der Waals surface area contributed by atoms with Gasteiger partial charge in [0.15, 0.2) is 0 Å². The number of carboxylic acids is 1. The Hall–Kier alpha value is -3.78. The van der Waals surface area contributed by atoms with E-state index in [1.54, 1.807) is 18.2 Å². The van der Waals surface area contributed by atoms with Crippen LogP contribution in [0.2, 0.25) is 5.02 Å². The van der Waals surface area contributed by atoms with Gasteiger partial charge >= 0.3 is 0 Å². The Kier molecular flexibility index (Phi) is 8.32. The Labute approximate surface area is 201 Å². The van der Waals surface area contributed by atoms with Crippen molar-refractivity contribution in [2.45, 2.75) is 13.0 Å². The van der Waals surface area contributed by atoms with Gasteiger partial charge in [0.1, 0.15) is 30.0 Å². The lowest BCUT2D eigenvalue weighted by Gasteiger charge is -2.33. The fourth-order valence-corrected chi connectivity index (χ4v) is 3.53. The minimum atomic E-state index is -0.833. The second kappa shape index (κ2) is 11.4. The van der Waals surface area contributed by atoms with Gasteiger partial charge in [-0.25, -0.2) is 4.39 Å². The van der Waals surface area contributed by atoms with E-state index in [9.17, 15) is 9.18 Å². The van der Waals surface area contributed by atoms with Crippen molar-refractivity contribution in [3.05, 3.63) is 83.1 Å². The molecule has 3 aromatic carbocycles. The van der Waals surface area contributed by atoms with Crippen molar-refractivity contribution in [3.63, 3.8) is 0 Å². The summed E-state index contributed by atoms with van der Waals surface area (Å²) < 4.78 is 24.8. The number of nitrogens with one attached hydrogen (secondary N) is 1. The average Bonchev–Trinajstić information content (AvgIpc) is 2.79. The number of fused-ring (bicyclic) bond motifs is 1. The molecule has 0 fully saturated rings. The van der Waals surface area contributed by atoms with E-state index < -0.39 is 5.97 Å². The fourth-order valence-electron chi connectivity index (χ4n) is 3.27. The van der Waals surface area contributed by atoms with Gasteiger partial charge in [0, 0.05) is 19.7 Å². The zero-order valence-electron chi connectivity index (χ0n) is 18.6. The lowest BCUT2D eigenvalue weighted by Crippen LogP contribution is -2.41. The topological polar surface area (TPSA) is 88.1 Å². The van der Waals surface area contributed by atoms with Crippen LogP contribution in [-0.4, -0.2) is 43.3 Å². The highest BCUT2D eigenvalue weighted by Gasteiger charge is 2.23. The van der Waals surface area contributed by atoms with Crippen LogP contribution in [0, 0.1) is 5.82 Å². The number of carbonyl (C=O) groups excluding carboxylic acids is 1. The summed E-state index contributed by atoms with van der Waals surface area (Å²) in [7, 11) is 2.01. The molecule has 1 heterocycles. The molecule has 0 spiro atoms. The highest BCUT2D eigenvalue weighted by molar-refractivity contribution is 6.34. The molecule has 1 amide bonds. The average molecular weight is 487 g/mol. The van der Waals surface area contributed by atoms with Gasteiger partial charge in [0.25, 0.3) is 11.9 Å². The number of nitrogens with zero attached hydrogens (tertiary/aromatic N) is 1. The number of carboxylic acid groups (broad SMARTS) is 1. The molecule has 0 saturated heterocycles. The van der Waals surface area contributed by atoms with Gasteiger partial charge in [-0.05, 0) is 54.6 Å². The molecule has 1 atom stereocenters. The number of ether oxygens (including phenoxy) is 2. The third kappa shape index (κ3) is 6.86. The van der Waals surface area contributed by atoms with Crippen molar-refractivity contribution in [3.8, 4) is 11.5 Å². The van der Waals surface area contributed by atoms with Crippen LogP contribution in [0.4, 0.5) is 15.8 Å². The van der Waals surface area contributed by atoms with Gasteiger partial charge in [-0.2, -0.15) is 0 Å². The number of likely N-dealkylation sites (N-methyl/N-ethyl adjacent to an activating group) is 1. The Balaban J connectivity index is 0.000000751. The number of anilines is 2. The van der Waals surface area contributed by atoms with Crippen molar-refractivity contribution < 1.29 is 28.6 Å². The number of para-hydroxylation sites is 2. The van der Waals surface area contributed by atoms with Gasteiger partial charge in [-0.1, -0.05) is 23.7 Å². The molecule has 0 radical (unpaired) electrons. The van der Waals surface area contributed by atoms with Crippen LogP contribution in [0.1, 0.15) is 17.3 Å². The minimum absolute atomic E-state index is 0.134. The first-order valence-corrected chi connectivity index (χ1v) is 10.8. The van der Waals surface area contributed by atoms with Crippen LogP contribution >= 0.6 is 11.6 Å². The Morgan fingerprint density at radius 1 is 1.18 bits per heavy atom. The maximum atomic E-state index is 13.0. The molecule has 7 nitrogen and oxygen atoms in total. The van der Waals surface area contributed by atoms with Crippen molar-refractivity contribution in [2.75, 3.05) is 30.4 Å². The van der Waals surface area contributed by atoms with Crippen LogP contribution < -0.4 is 19.7 Å². The molecule has 0 bridgehead atoms. The van der Waals surface area contributed by atoms with Crippen molar-refractivity contribution in [1.29, 1.82) is 0 Å². The van der Waals surface area contributed by atoms with Crippen LogP contribution in [-0.2, 0) is 4.79 Å². The molecule has 0 aliphatic carbocycles. The molecule has 1 aliphatic heterocycles.